The Kier molecular flexibility index (Phi) is 11.2. The van der Waals surface area contributed by atoms with Gasteiger partial charge in [0.1, 0.15) is 0 Å². The lowest BCUT2D eigenvalue weighted by atomic mass is 10.2. The van der Waals surface area contributed by atoms with Gasteiger partial charge in [-0.2, -0.15) is 0 Å². The molecule has 20 heavy (non-hydrogen) atoms. The van der Waals surface area contributed by atoms with E-state index < -0.39 is 0 Å². The van der Waals surface area contributed by atoms with Gasteiger partial charge in [0.2, 0.25) is 0 Å². The first-order valence-corrected chi connectivity index (χ1v) is 8.38. The first-order chi connectivity index (χ1) is 9.86. The Bertz CT molecular complexity index is 207. The summed E-state index contributed by atoms with van der Waals surface area (Å²) in [7, 11) is 1.77. The number of piperazine rings is 1. The molecule has 0 unspecified atom stereocenters. The largest absolute Gasteiger partial charge is 0.383 e. The summed E-state index contributed by atoms with van der Waals surface area (Å²) in [6.07, 6.45) is 6.60. The third-order valence-electron chi connectivity index (χ3n) is 4.02. The number of methoxy groups -OCH3 is 1. The van der Waals surface area contributed by atoms with E-state index in [-0.39, 0.29) is 0 Å². The molecule has 0 aromatic heterocycles. The van der Waals surface area contributed by atoms with Crippen molar-refractivity contribution < 1.29 is 9.47 Å². The summed E-state index contributed by atoms with van der Waals surface area (Å²) in [6, 6.07) is 0. The smallest absolute Gasteiger partial charge is 0.0593 e. The van der Waals surface area contributed by atoms with Gasteiger partial charge in [-0.3, -0.25) is 9.80 Å². The summed E-state index contributed by atoms with van der Waals surface area (Å²) in [4.78, 5) is 5.00. The van der Waals surface area contributed by atoms with Crippen LogP contribution in [0.1, 0.15) is 39.0 Å². The van der Waals surface area contributed by atoms with Crippen LogP contribution in [-0.2, 0) is 9.47 Å². The molecule has 1 aliphatic rings. The molecule has 1 aliphatic heterocycles. The number of ether oxygens (including phenoxy) is 2. The first kappa shape index (κ1) is 17.9. The van der Waals surface area contributed by atoms with E-state index in [1.807, 2.05) is 0 Å². The highest BCUT2D eigenvalue weighted by molar-refractivity contribution is 4.71. The van der Waals surface area contributed by atoms with Gasteiger partial charge in [0.25, 0.3) is 0 Å². The van der Waals surface area contributed by atoms with Gasteiger partial charge in [-0.1, -0.05) is 32.6 Å². The van der Waals surface area contributed by atoms with E-state index in [0.717, 1.165) is 32.9 Å². The molecule has 0 aliphatic carbocycles. The lowest BCUT2D eigenvalue weighted by Gasteiger charge is -2.34. The van der Waals surface area contributed by atoms with Crippen LogP contribution >= 0.6 is 0 Å². The summed E-state index contributed by atoms with van der Waals surface area (Å²) in [5, 5.41) is 0. The fourth-order valence-electron chi connectivity index (χ4n) is 2.56. The first-order valence-electron chi connectivity index (χ1n) is 8.38. The highest BCUT2D eigenvalue weighted by Gasteiger charge is 2.15. The number of unbranched alkanes of at least 4 members (excludes halogenated alkanes) is 4. The molecular formula is C16H34N2O2. The van der Waals surface area contributed by atoms with Crippen molar-refractivity contribution in [3.05, 3.63) is 0 Å². The molecule has 0 aromatic carbocycles. The average Bonchev–Trinajstić information content (AvgIpc) is 2.49. The van der Waals surface area contributed by atoms with E-state index in [0.29, 0.717) is 0 Å². The summed E-state index contributed by atoms with van der Waals surface area (Å²) in [5.74, 6) is 0. The average molecular weight is 286 g/mol. The molecule has 1 saturated heterocycles. The van der Waals surface area contributed by atoms with Crippen molar-refractivity contribution in [3.63, 3.8) is 0 Å². The Morgan fingerprint density at radius 1 is 0.750 bits per heavy atom. The zero-order valence-corrected chi connectivity index (χ0v) is 13.6. The second kappa shape index (κ2) is 12.6. The van der Waals surface area contributed by atoms with Crippen LogP contribution in [0, 0.1) is 0 Å². The van der Waals surface area contributed by atoms with Gasteiger partial charge < -0.3 is 9.47 Å². The summed E-state index contributed by atoms with van der Waals surface area (Å²) in [5.41, 5.74) is 0. The molecule has 1 heterocycles. The van der Waals surface area contributed by atoms with Gasteiger partial charge in [-0.05, 0) is 6.42 Å². The third kappa shape index (κ3) is 8.90. The topological polar surface area (TPSA) is 24.9 Å². The Balaban J connectivity index is 1.86. The zero-order valence-electron chi connectivity index (χ0n) is 13.6. The Morgan fingerprint density at radius 3 is 1.95 bits per heavy atom. The second-order valence-electron chi connectivity index (χ2n) is 5.70. The highest BCUT2D eigenvalue weighted by atomic mass is 16.5. The minimum atomic E-state index is 0.848. The van der Waals surface area contributed by atoms with Crippen molar-refractivity contribution in [3.8, 4) is 0 Å². The highest BCUT2D eigenvalue weighted by Crippen LogP contribution is 2.03. The van der Waals surface area contributed by atoms with E-state index in [4.69, 9.17) is 9.47 Å². The molecule has 0 radical (unpaired) electrons. The third-order valence-corrected chi connectivity index (χ3v) is 4.02. The molecule has 4 nitrogen and oxygen atoms in total. The van der Waals surface area contributed by atoms with Crippen LogP contribution in [0.4, 0.5) is 0 Å². The number of hydrogen-bond acceptors (Lipinski definition) is 4. The number of rotatable bonds is 12. The molecular weight excluding hydrogens is 252 g/mol. The lowest BCUT2D eigenvalue weighted by molar-refractivity contribution is 0.0642. The van der Waals surface area contributed by atoms with Gasteiger partial charge in [0, 0.05) is 53.0 Å². The van der Waals surface area contributed by atoms with Crippen molar-refractivity contribution >= 4 is 0 Å². The van der Waals surface area contributed by atoms with Gasteiger partial charge in [0.15, 0.2) is 0 Å². The van der Waals surface area contributed by atoms with Crippen LogP contribution in [0.3, 0.4) is 0 Å². The Morgan fingerprint density at radius 2 is 1.35 bits per heavy atom. The maximum Gasteiger partial charge on any atom is 0.0593 e. The van der Waals surface area contributed by atoms with Crippen molar-refractivity contribution in [1.29, 1.82) is 0 Å². The van der Waals surface area contributed by atoms with Crippen molar-refractivity contribution in [2.45, 2.75) is 39.0 Å². The van der Waals surface area contributed by atoms with Crippen LogP contribution in [-0.4, -0.2) is 76.0 Å². The molecule has 0 N–H and O–H groups in total. The molecule has 0 bridgehead atoms. The monoisotopic (exact) mass is 286 g/mol. The second-order valence-corrected chi connectivity index (χ2v) is 5.70. The van der Waals surface area contributed by atoms with Crippen LogP contribution in [0.25, 0.3) is 0 Å². The molecule has 0 amide bonds. The zero-order chi connectivity index (χ0) is 14.5. The van der Waals surface area contributed by atoms with E-state index in [1.165, 1.54) is 58.3 Å². The van der Waals surface area contributed by atoms with E-state index in [9.17, 15) is 0 Å². The fourth-order valence-corrected chi connectivity index (χ4v) is 2.56. The van der Waals surface area contributed by atoms with Crippen LogP contribution in [0.15, 0.2) is 0 Å². The quantitative estimate of drug-likeness (QED) is 0.514. The molecule has 0 atom stereocenters. The van der Waals surface area contributed by atoms with E-state index in [2.05, 4.69) is 16.7 Å². The molecule has 1 fully saturated rings. The van der Waals surface area contributed by atoms with Gasteiger partial charge in [-0.15, -0.1) is 0 Å². The maximum atomic E-state index is 5.73. The van der Waals surface area contributed by atoms with E-state index >= 15 is 0 Å². The number of nitrogens with zero attached hydrogens (tertiary/aromatic N) is 2. The predicted molar refractivity (Wildman–Crippen MR) is 84.3 cm³/mol. The molecule has 0 saturated carbocycles. The minimum Gasteiger partial charge on any atom is -0.383 e. The van der Waals surface area contributed by atoms with Gasteiger partial charge in [0.05, 0.1) is 13.2 Å². The van der Waals surface area contributed by atoms with Gasteiger partial charge >= 0.3 is 0 Å². The summed E-state index contributed by atoms with van der Waals surface area (Å²) in [6.45, 7) is 11.8. The number of hydrogen-bond donors (Lipinski definition) is 0. The summed E-state index contributed by atoms with van der Waals surface area (Å²) >= 11 is 0. The molecule has 0 spiro atoms. The minimum absolute atomic E-state index is 0.848. The standard InChI is InChI=1S/C16H34N2O2/c1-3-4-5-6-7-14-20-16-13-18-10-8-17(9-11-18)12-15-19-2/h3-16H2,1-2H3. The lowest BCUT2D eigenvalue weighted by Crippen LogP contribution is -2.48. The Hall–Kier alpha value is -0.160. The molecule has 4 heteroatoms. The Labute approximate surface area is 125 Å². The van der Waals surface area contributed by atoms with Crippen molar-refractivity contribution in [1.82, 2.24) is 9.80 Å². The summed E-state index contributed by atoms with van der Waals surface area (Å²) < 4.78 is 10.9. The molecule has 1 rings (SSSR count). The van der Waals surface area contributed by atoms with Crippen LogP contribution in [0.2, 0.25) is 0 Å². The SMILES string of the molecule is CCCCCCCOCCN1CCN(CCOC)CC1. The van der Waals surface area contributed by atoms with Crippen LogP contribution < -0.4 is 0 Å². The van der Waals surface area contributed by atoms with Crippen molar-refractivity contribution in [2.24, 2.45) is 0 Å². The molecule has 0 aromatic rings. The molecule has 120 valence electrons. The fraction of sp³-hybridized carbons (Fsp3) is 1.00. The normalized spacial score (nSPS) is 17.7. The van der Waals surface area contributed by atoms with Crippen molar-refractivity contribution in [2.75, 3.05) is 66.2 Å². The van der Waals surface area contributed by atoms with Gasteiger partial charge in [-0.25, -0.2) is 0 Å². The maximum absolute atomic E-state index is 5.73. The predicted octanol–water partition coefficient (Wildman–Crippen LogP) is 2.24. The van der Waals surface area contributed by atoms with Crippen LogP contribution in [0.5, 0.6) is 0 Å². The van der Waals surface area contributed by atoms with E-state index in [1.54, 1.807) is 7.11 Å².